The molecule has 0 unspecified atom stereocenters. The molecule has 1 aliphatic rings. The molecule has 1 aliphatic heterocycles. The second-order valence-electron chi connectivity index (χ2n) is 6.53. The minimum absolute atomic E-state index is 0.0284. The Morgan fingerprint density at radius 3 is 2.57 bits per heavy atom. The number of ether oxygens (including phenoxy) is 2. The second-order valence-corrected chi connectivity index (χ2v) is 6.53. The normalized spacial score (nSPS) is 18.9. The van der Waals surface area contributed by atoms with E-state index in [4.69, 9.17) is 4.74 Å². The molecule has 1 heterocycles. The summed E-state index contributed by atoms with van der Waals surface area (Å²) in [5.41, 5.74) is 0.146. The zero-order valence-corrected chi connectivity index (χ0v) is 13.3. The van der Waals surface area contributed by atoms with Crippen LogP contribution in [0.3, 0.4) is 0 Å². The average Bonchev–Trinajstić information content (AvgIpc) is 2.84. The summed E-state index contributed by atoms with van der Waals surface area (Å²) in [6, 6.07) is 5.90. The fraction of sp³-hybridized carbons (Fsp3) is 0.562. The van der Waals surface area contributed by atoms with Crippen molar-refractivity contribution in [2.45, 2.75) is 45.1 Å². The third kappa shape index (κ3) is 5.33. The maximum Gasteiger partial charge on any atom is 0.573 e. The first-order chi connectivity index (χ1) is 10.5. The molecule has 0 aromatic heterocycles. The monoisotopic (exact) mass is 331 g/mol. The van der Waals surface area contributed by atoms with Crippen LogP contribution in [0, 0.1) is 0 Å². The highest BCUT2D eigenvalue weighted by Gasteiger charge is 2.33. The largest absolute Gasteiger partial charge is 0.573 e. The van der Waals surface area contributed by atoms with E-state index in [2.05, 4.69) is 4.74 Å². The van der Waals surface area contributed by atoms with Crippen LogP contribution in [-0.2, 0) is 4.74 Å². The highest BCUT2D eigenvalue weighted by Crippen LogP contribution is 2.31. The minimum atomic E-state index is -4.71. The van der Waals surface area contributed by atoms with Gasteiger partial charge in [-0.25, -0.2) is 4.79 Å². The number of alkyl halides is 3. The predicted octanol–water partition coefficient (Wildman–Crippen LogP) is 4.31. The molecule has 7 heteroatoms. The van der Waals surface area contributed by atoms with E-state index in [-0.39, 0.29) is 11.7 Å². The molecule has 1 fully saturated rings. The number of halogens is 3. The topological polar surface area (TPSA) is 38.8 Å². The molecule has 4 nitrogen and oxygen atoms in total. The van der Waals surface area contributed by atoms with Gasteiger partial charge in [0.25, 0.3) is 0 Å². The third-order valence-electron chi connectivity index (χ3n) is 3.40. The Morgan fingerprint density at radius 1 is 1.26 bits per heavy atom. The Hall–Kier alpha value is -1.92. The van der Waals surface area contributed by atoms with E-state index in [0.717, 1.165) is 5.56 Å². The Kier molecular flexibility index (Phi) is 4.77. The van der Waals surface area contributed by atoms with Crippen LogP contribution < -0.4 is 4.74 Å². The van der Waals surface area contributed by atoms with Crippen molar-refractivity contribution >= 4 is 6.09 Å². The van der Waals surface area contributed by atoms with Crippen molar-refractivity contribution in [3.05, 3.63) is 29.8 Å². The third-order valence-corrected chi connectivity index (χ3v) is 3.40. The van der Waals surface area contributed by atoms with Gasteiger partial charge in [0.15, 0.2) is 0 Å². The van der Waals surface area contributed by atoms with Crippen LogP contribution in [0.1, 0.15) is 38.7 Å². The summed E-state index contributed by atoms with van der Waals surface area (Å²) >= 11 is 0. The van der Waals surface area contributed by atoms with Crippen molar-refractivity contribution in [3.63, 3.8) is 0 Å². The van der Waals surface area contributed by atoms with Crippen molar-refractivity contribution in [2.75, 3.05) is 13.1 Å². The highest BCUT2D eigenvalue weighted by atomic mass is 19.4. The van der Waals surface area contributed by atoms with Crippen molar-refractivity contribution in [2.24, 2.45) is 0 Å². The number of hydrogen-bond donors (Lipinski definition) is 0. The van der Waals surface area contributed by atoms with E-state index in [1.54, 1.807) is 31.7 Å². The quantitative estimate of drug-likeness (QED) is 0.810. The molecule has 0 radical (unpaired) electrons. The summed E-state index contributed by atoms with van der Waals surface area (Å²) in [4.78, 5) is 13.6. The smallest absolute Gasteiger partial charge is 0.444 e. The van der Waals surface area contributed by atoms with E-state index in [9.17, 15) is 18.0 Å². The second kappa shape index (κ2) is 6.29. The highest BCUT2D eigenvalue weighted by molar-refractivity contribution is 5.68. The van der Waals surface area contributed by atoms with Gasteiger partial charge >= 0.3 is 12.5 Å². The van der Waals surface area contributed by atoms with Crippen LogP contribution in [0.25, 0.3) is 0 Å². The zero-order chi connectivity index (χ0) is 17.3. The van der Waals surface area contributed by atoms with Crippen LogP contribution in [0.2, 0.25) is 0 Å². The molecule has 23 heavy (non-hydrogen) atoms. The molecule has 1 aromatic carbocycles. The fourth-order valence-corrected chi connectivity index (χ4v) is 2.49. The van der Waals surface area contributed by atoms with Crippen LogP contribution in [-0.4, -0.2) is 36.0 Å². The number of carbonyl (C=O) groups is 1. The number of nitrogens with zero attached hydrogens (tertiary/aromatic N) is 1. The Morgan fingerprint density at radius 2 is 1.96 bits per heavy atom. The van der Waals surface area contributed by atoms with Gasteiger partial charge in [-0.15, -0.1) is 13.2 Å². The summed E-state index contributed by atoms with van der Waals surface area (Å²) in [6.45, 7) is 6.30. The Labute approximate surface area is 133 Å². The maximum atomic E-state index is 12.3. The van der Waals surface area contributed by atoms with E-state index in [0.29, 0.717) is 19.5 Å². The molecule has 0 bridgehead atoms. The van der Waals surface area contributed by atoms with E-state index < -0.39 is 18.1 Å². The van der Waals surface area contributed by atoms with E-state index in [1.807, 2.05) is 0 Å². The Bertz CT molecular complexity index is 566. The van der Waals surface area contributed by atoms with E-state index in [1.165, 1.54) is 18.2 Å². The lowest BCUT2D eigenvalue weighted by Crippen LogP contribution is -2.35. The lowest BCUT2D eigenvalue weighted by atomic mass is 9.98. The van der Waals surface area contributed by atoms with Gasteiger partial charge in [-0.05, 0) is 44.9 Å². The molecule has 128 valence electrons. The fourth-order valence-electron chi connectivity index (χ4n) is 2.49. The van der Waals surface area contributed by atoms with Gasteiger partial charge in [0.05, 0.1) is 0 Å². The lowest BCUT2D eigenvalue weighted by molar-refractivity contribution is -0.274. The molecule has 1 saturated heterocycles. The van der Waals surface area contributed by atoms with Crippen LogP contribution in [0.15, 0.2) is 24.3 Å². The van der Waals surface area contributed by atoms with Gasteiger partial charge in [-0.1, -0.05) is 12.1 Å². The molecular formula is C16H20F3NO3. The molecule has 0 N–H and O–H groups in total. The summed E-state index contributed by atoms with van der Waals surface area (Å²) in [5, 5.41) is 0. The standard InChI is InChI=1S/C16H20F3NO3/c1-15(2,3)23-14(21)20-8-7-12(10-20)11-5-4-6-13(9-11)22-16(17,18)19/h4-6,9,12H,7-8,10H2,1-3H3/t12-/m1/s1. The average molecular weight is 331 g/mol. The van der Waals surface area contributed by atoms with Crippen molar-refractivity contribution in [3.8, 4) is 5.75 Å². The van der Waals surface area contributed by atoms with Gasteiger partial charge in [-0.2, -0.15) is 0 Å². The SMILES string of the molecule is CC(C)(C)OC(=O)N1CC[C@@H](c2cccc(OC(F)(F)F)c2)C1. The Balaban J connectivity index is 2.02. The summed E-state index contributed by atoms with van der Waals surface area (Å²) in [5.74, 6) is -0.273. The number of likely N-dealkylation sites (tertiary alicyclic amines) is 1. The molecule has 1 atom stereocenters. The first kappa shape index (κ1) is 17.4. The lowest BCUT2D eigenvalue weighted by Gasteiger charge is -2.24. The maximum absolute atomic E-state index is 12.3. The summed E-state index contributed by atoms with van der Waals surface area (Å²) in [6.07, 6.45) is -4.44. The van der Waals surface area contributed by atoms with E-state index >= 15 is 0 Å². The van der Waals surface area contributed by atoms with Gasteiger partial charge in [0, 0.05) is 19.0 Å². The van der Waals surface area contributed by atoms with Crippen molar-refractivity contribution in [1.82, 2.24) is 4.90 Å². The number of benzene rings is 1. The zero-order valence-electron chi connectivity index (χ0n) is 13.3. The predicted molar refractivity (Wildman–Crippen MR) is 78.3 cm³/mol. The molecular weight excluding hydrogens is 311 g/mol. The molecule has 1 amide bonds. The van der Waals surface area contributed by atoms with Crippen LogP contribution in [0.4, 0.5) is 18.0 Å². The summed E-state index contributed by atoms with van der Waals surface area (Å²) < 4.78 is 46.1. The van der Waals surface area contributed by atoms with Crippen molar-refractivity contribution in [1.29, 1.82) is 0 Å². The minimum Gasteiger partial charge on any atom is -0.444 e. The first-order valence-electron chi connectivity index (χ1n) is 7.37. The van der Waals surface area contributed by atoms with Crippen molar-refractivity contribution < 1.29 is 27.4 Å². The molecule has 1 aromatic rings. The van der Waals surface area contributed by atoms with Gasteiger partial charge in [0.2, 0.25) is 0 Å². The van der Waals surface area contributed by atoms with Crippen LogP contribution in [0.5, 0.6) is 5.75 Å². The van der Waals surface area contributed by atoms with Gasteiger partial charge < -0.3 is 14.4 Å². The molecule has 0 saturated carbocycles. The molecule has 2 rings (SSSR count). The summed E-state index contributed by atoms with van der Waals surface area (Å²) in [7, 11) is 0. The van der Waals surface area contributed by atoms with Crippen LogP contribution >= 0.6 is 0 Å². The number of rotatable bonds is 2. The van der Waals surface area contributed by atoms with Gasteiger partial charge in [-0.3, -0.25) is 0 Å². The number of amides is 1. The molecule has 0 spiro atoms. The number of carbonyl (C=O) groups excluding carboxylic acids is 1. The van der Waals surface area contributed by atoms with Gasteiger partial charge in [0.1, 0.15) is 11.4 Å². The molecule has 0 aliphatic carbocycles. The number of hydrogen-bond acceptors (Lipinski definition) is 3. The first-order valence-corrected chi connectivity index (χ1v) is 7.37.